The van der Waals surface area contributed by atoms with E-state index in [9.17, 15) is 0 Å². The van der Waals surface area contributed by atoms with E-state index < -0.39 is 0 Å². The van der Waals surface area contributed by atoms with Crippen molar-refractivity contribution in [2.75, 3.05) is 20.6 Å². The van der Waals surface area contributed by atoms with Crippen molar-refractivity contribution < 1.29 is 0 Å². The van der Waals surface area contributed by atoms with Gasteiger partial charge < -0.3 is 4.90 Å². The van der Waals surface area contributed by atoms with Gasteiger partial charge in [-0.2, -0.15) is 0 Å². The molecule has 22 heavy (non-hydrogen) atoms. The molecule has 2 aromatic carbocycles. The first-order chi connectivity index (χ1) is 10.7. The van der Waals surface area contributed by atoms with Gasteiger partial charge in [0.2, 0.25) is 0 Å². The van der Waals surface area contributed by atoms with Crippen molar-refractivity contribution in [3.05, 3.63) is 70.4 Å². The Morgan fingerprint density at radius 2 is 1.68 bits per heavy atom. The van der Waals surface area contributed by atoms with Crippen LogP contribution in [0.4, 0.5) is 0 Å². The molecule has 1 aromatic heterocycles. The van der Waals surface area contributed by atoms with Gasteiger partial charge in [0, 0.05) is 4.88 Å². The Balaban J connectivity index is 0.000000160. The van der Waals surface area contributed by atoms with Crippen LogP contribution in [-0.4, -0.2) is 25.5 Å². The Bertz CT molecular complexity index is 666. The molecule has 0 bridgehead atoms. The standard InChI is InChI=1S/C11H10.C9H15NS/c1-9-5-4-7-10-6-2-3-8-11(9)10;1-10(2)7-3-5-9-6-4-8-11-9/h2-8H,1H3;4,6,8H,3,5,7H2,1-2H3. The van der Waals surface area contributed by atoms with E-state index in [1.165, 1.54) is 40.6 Å². The number of fused-ring (bicyclic) bond motifs is 1. The Labute approximate surface area is 138 Å². The van der Waals surface area contributed by atoms with Gasteiger partial charge in [0.25, 0.3) is 0 Å². The summed E-state index contributed by atoms with van der Waals surface area (Å²) in [6, 6.07) is 19.2. The highest BCUT2D eigenvalue weighted by Gasteiger charge is 1.94. The lowest BCUT2D eigenvalue weighted by Crippen LogP contribution is -2.13. The Kier molecular flexibility index (Phi) is 6.63. The van der Waals surface area contributed by atoms with Gasteiger partial charge in [-0.05, 0) is 68.2 Å². The largest absolute Gasteiger partial charge is 0.309 e. The first kappa shape index (κ1) is 16.7. The molecule has 1 nitrogen and oxygen atoms in total. The number of hydrogen-bond acceptors (Lipinski definition) is 2. The third-order valence-electron chi connectivity index (χ3n) is 3.62. The predicted octanol–water partition coefficient (Wildman–Crippen LogP) is 5.39. The van der Waals surface area contributed by atoms with Crippen molar-refractivity contribution in [2.45, 2.75) is 19.8 Å². The summed E-state index contributed by atoms with van der Waals surface area (Å²) in [5.41, 5.74) is 1.35. The molecule has 0 atom stereocenters. The summed E-state index contributed by atoms with van der Waals surface area (Å²) < 4.78 is 0. The first-order valence-electron chi connectivity index (χ1n) is 7.78. The van der Waals surface area contributed by atoms with Crippen LogP contribution < -0.4 is 0 Å². The fourth-order valence-corrected chi connectivity index (χ4v) is 3.16. The lowest BCUT2D eigenvalue weighted by Gasteiger charge is -2.07. The predicted molar refractivity (Wildman–Crippen MR) is 99.9 cm³/mol. The fourth-order valence-electron chi connectivity index (χ4n) is 2.41. The number of nitrogens with zero attached hydrogens (tertiary/aromatic N) is 1. The lowest BCUT2D eigenvalue weighted by molar-refractivity contribution is 0.401. The second kappa shape index (κ2) is 8.72. The third-order valence-corrected chi connectivity index (χ3v) is 4.55. The molecule has 0 aliphatic rings. The fraction of sp³-hybridized carbons (Fsp3) is 0.300. The minimum absolute atomic E-state index is 1.19. The zero-order valence-corrected chi connectivity index (χ0v) is 14.6. The molecular weight excluding hydrogens is 286 g/mol. The summed E-state index contributed by atoms with van der Waals surface area (Å²) in [5.74, 6) is 0. The Morgan fingerprint density at radius 1 is 0.909 bits per heavy atom. The van der Waals surface area contributed by atoms with Crippen molar-refractivity contribution in [3.8, 4) is 0 Å². The van der Waals surface area contributed by atoms with Gasteiger partial charge >= 0.3 is 0 Å². The molecule has 0 saturated heterocycles. The summed E-state index contributed by atoms with van der Waals surface area (Å²) in [6.07, 6.45) is 2.50. The zero-order chi connectivity index (χ0) is 15.8. The first-order valence-corrected chi connectivity index (χ1v) is 8.66. The van der Waals surface area contributed by atoms with Crippen molar-refractivity contribution in [2.24, 2.45) is 0 Å². The molecule has 1 heterocycles. The third kappa shape index (κ3) is 5.28. The van der Waals surface area contributed by atoms with Gasteiger partial charge in [0.05, 0.1) is 0 Å². The van der Waals surface area contributed by atoms with E-state index in [4.69, 9.17) is 0 Å². The molecule has 0 amide bonds. The SMILES string of the molecule is CN(C)CCCc1cccs1.Cc1cccc2ccccc12. The average Bonchev–Trinajstić information content (AvgIpc) is 3.01. The molecule has 0 saturated carbocycles. The van der Waals surface area contributed by atoms with Gasteiger partial charge in [-0.3, -0.25) is 0 Å². The molecule has 0 radical (unpaired) electrons. The second-order valence-corrected chi connectivity index (χ2v) is 6.81. The van der Waals surface area contributed by atoms with E-state index in [0.717, 1.165) is 0 Å². The van der Waals surface area contributed by atoms with Crippen molar-refractivity contribution >= 4 is 22.1 Å². The van der Waals surface area contributed by atoms with Crippen LogP contribution in [0.15, 0.2) is 60.0 Å². The minimum atomic E-state index is 1.19. The number of benzene rings is 2. The number of rotatable bonds is 4. The monoisotopic (exact) mass is 311 g/mol. The molecule has 0 unspecified atom stereocenters. The van der Waals surface area contributed by atoms with Crippen LogP contribution in [0, 0.1) is 6.92 Å². The highest BCUT2D eigenvalue weighted by Crippen LogP contribution is 2.16. The second-order valence-electron chi connectivity index (χ2n) is 5.78. The minimum Gasteiger partial charge on any atom is -0.309 e. The van der Waals surface area contributed by atoms with E-state index in [1.807, 2.05) is 11.3 Å². The van der Waals surface area contributed by atoms with Crippen LogP contribution in [-0.2, 0) is 6.42 Å². The number of hydrogen-bond donors (Lipinski definition) is 0. The normalized spacial score (nSPS) is 10.5. The van der Waals surface area contributed by atoms with Crippen LogP contribution in [0.2, 0.25) is 0 Å². The van der Waals surface area contributed by atoms with Crippen LogP contribution in [0.1, 0.15) is 16.9 Å². The lowest BCUT2D eigenvalue weighted by atomic mass is 10.1. The van der Waals surface area contributed by atoms with Gasteiger partial charge in [0.15, 0.2) is 0 Å². The van der Waals surface area contributed by atoms with E-state index in [2.05, 4.69) is 85.9 Å². The highest BCUT2D eigenvalue weighted by molar-refractivity contribution is 7.09. The molecule has 0 fully saturated rings. The maximum atomic E-state index is 2.23. The van der Waals surface area contributed by atoms with E-state index in [0.29, 0.717) is 0 Å². The smallest absolute Gasteiger partial charge is 0.00457 e. The molecule has 3 rings (SSSR count). The maximum absolute atomic E-state index is 2.23. The number of thiophene rings is 1. The molecule has 0 aliphatic heterocycles. The summed E-state index contributed by atoms with van der Waals surface area (Å²) in [4.78, 5) is 3.74. The Morgan fingerprint density at radius 3 is 2.36 bits per heavy atom. The van der Waals surface area contributed by atoms with Gasteiger partial charge in [0.1, 0.15) is 0 Å². The van der Waals surface area contributed by atoms with Gasteiger partial charge in [-0.15, -0.1) is 11.3 Å². The zero-order valence-electron chi connectivity index (χ0n) is 13.8. The molecule has 0 N–H and O–H groups in total. The van der Waals surface area contributed by atoms with Crippen LogP contribution in [0.25, 0.3) is 10.8 Å². The van der Waals surface area contributed by atoms with Gasteiger partial charge in [-0.1, -0.05) is 48.5 Å². The molecule has 2 heteroatoms. The van der Waals surface area contributed by atoms with E-state index in [-0.39, 0.29) is 0 Å². The van der Waals surface area contributed by atoms with E-state index in [1.54, 1.807) is 0 Å². The van der Waals surface area contributed by atoms with Crippen molar-refractivity contribution in [1.29, 1.82) is 0 Å². The average molecular weight is 311 g/mol. The summed E-state index contributed by atoms with van der Waals surface area (Å²) in [5, 5.41) is 4.83. The molecule has 116 valence electrons. The Hall–Kier alpha value is -1.64. The summed E-state index contributed by atoms with van der Waals surface area (Å²) in [6.45, 7) is 3.33. The van der Waals surface area contributed by atoms with Crippen LogP contribution in [0.5, 0.6) is 0 Å². The molecule has 0 spiro atoms. The number of aryl methyl sites for hydroxylation is 2. The van der Waals surface area contributed by atoms with Crippen molar-refractivity contribution in [1.82, 2.24) is 4.90 Å². The van der Waals surface area contributed by atoms with Gasteiger partial charge in [-0.25, -0.2) is 0 Å². The highest BCUT2D eigenvalue weighted by atomic mass is 32.1. The molecular formula is C20H25NS. The summed E-state index contributed by atoms with van der Waals surface area (Å²) >= 11 is 1.86. The van der Waals surface area contributed by atoms with Crippen molar-refractivity contribution in [3.63, 3.8) is 0 Å². The summed E-state index contributed by atoms with van der Waals surface area (Å²) in [7, 11) is 4.24. The molecule has 0 aliphatic carbocycles. The molecule has 3 aromatic rings. The van der Waals surface area contributed by atoms with Crippen LogP contribution >= 0.6 is 11.3 Å². The quantitative estimate of drug-likeness (QED) is 0.624. The topological polar surface area (TPSA) is 3.24 Å². The maximum Gasteiger partial charge on any atom is 0.00457 e. The van der Waals surface area contributed by atoms with E-state index >= 15 is 0 Å². The van der Waals surface area contributed by atoms with Crippen LogP contribution in [0.3, 0.4) is 0 Å².